The molecule has 1 fully saturated rings. The van der Waals surface area contributed by atoms with Gasteiger partial charge >= 0.3 is 7.32 Å². The van der Waals surface area contributed by atoms with Crippen LogP contribution in [0.3, 0.4) is 0 Å². The maximum Gasteiger partial charge on any atom is 0.637 e. The van der Waals surface area contributed by atoms with Crippen LogP contribution in [0.1, 0.15) is 27.7 Å². The van der Waals surface area contributed by atoms with Gasteiger partial charge in [0.1, 0.15) is 0 Å². The standard InChI is InChI=1S/C6H13BO3.CH3B/c1-5(2)6(3,4)10-7(8)9-5;1-2/h8H,1-4H3;1H3. The van der Waals surface area contributed by atoms with Crippen LogP contribution >= 0.6 is 0 Å². The summed E-state index contributed by atoms with van der Waals surface area (Å²) in [5, 5.41) is 8.96. The van der Waals surface area contributed by atoms with Gasteiger partial charge in [-0.3, -0.25) is 0 Å². The third kappa shape index (κ3) is 2.25. The first kappa shape index (κ1) is 12.0. The normalized spacial score (nSPS) is 24.7. The van der Waals surface area contributed by atoms with Crippen molar-refractivity contribution in [2.75, 3.05) is 0 Å². The van der Waals surface area contributed by atoms with E-state index >= 15 is 0 Å². The van der Waals surface area contributed by atoms with Crippen molar-refractivity contribution in [2.45, 2.75) is 45.7 Å². The van der Waals surface area contributed by atoms with Gasteiger partial charge in [-0.2, -0.15) is 0 Å². The van der Waals surface area contributed by atoms with E-state index in [0.717, 1.165) is 0 Å². The summed E-state index contributed by atoms with van der Waals surface area (Å²) >= 11 is 0. The van der Waals surface area contributed by atoms with Crippen molar-refractivity contribution in [1.82, 2.24) is 0 Å². The molecule has 2 radical (unpaired) electrons. The van der Waals surface area contributed by atoms with Crippen LogP contribution in [0.5, 0.6) is 0 Å². The third-order valence-electron chi connectivity index (χ3n) is 2.24. The molecule has 0 aromatic carbocycles. The summed E-state index contributed by atoms with van der Waals surface area (Å²) in [5.74, 6) is 0. The summed E-state index contributed by atoms with van der Waals surface area (Å²) in [6, 6.07) is 0. The molecule has 0 amide bonds. The molecule has 5 heteroatoms. The molecule has 1 rings (SSSR count). The van der Waals surface area contributed by atoms with Gasteiger partial charge in [0.15, 0.2) is 0 Å². The molecule has 0 atom stereocenters. The fraction of sp³-hybridized carbons (Fsp3) is 1.00. The molecule has 1 saturated heterocycles. The van der Waals surface area contributed by atoms with Crippen LogP contribution in [0.15, 0.2) is 0 Å². The van der Waals surface area contributed by atoms with Crippen molar-refractivity contribution in [3.05, 3.63) is 0 Å². The van der Waals surface area contributed by atoms with E-state index in [2.05, 4.69) is 7.85 Å². The van der Waals surface area contributed by atoms with Crippen LogP contribution in [0.2, 0.25) is 6.82 Å². The number of rotatable bonds is 0. The van der Waals surface area contributed by atoms with Crippen molar-refractivity contribution in [2.24, 2.45) is 0 Å². The predicted molar refractivity (Wildman–Crippen MR) is 49.9 cm³/mol. The number of hydrogen-bond acceptors (Lipinski definition) is 3. The minimum absolute atomic E-state index is 0.410. The predicted octanol–water partition coefficient (Wildman–Crippen LogP) is 0.771. The fourth-order valence-corrected chi connectivity index (χ4v) is 0.812. The molecule has 1 heterocycles. The molecule has 0 aromatic rings. The summed E-state index contributed by atoms with van der Waals surface area (Å²) in [6.07, 6.45) is 0. The zero-order valence-electron chi connectivity index (χ0n) is 8.42. The molecule has 1 aliphatic heterocycles. The lowest BCUT2D eigenvalue weighted by molar-refractivity contribution is 0.00578. The summed E-state index contributed by atoms with van der Waals surface area (Å²) < 4.78 is 10.2. The molecule has 0 saturated carbocycles. The van der Waals surface area contributed by atoms with Crippen LogP contribution in [0.25, 0.3) is 0 Å². The second-order valence-electron chi connectivity index (χ2n) is 3.56. The Balaban J connectivity index is 0.000000561. The first-order valence-electron chi connectivity index (χ1n) is 3.97. The monoisotopic (exact) mass is 170 g/mol. The van der Waals surface area contributed by atoms with E-state index in [1.54, 1.807) is 0 Å². The fourth-order valence-electron chi connectivity index (χ4n) is 0.812. The first-order valence-corrected chi connectivity index (χ1v) is 3.97. The second kappa shape index (κ2) is 3.81. The van der Waals surface area contributed by atoms with Gasteiger partial charge < -0.3 is 14.3 Å². The van der Waals surface area contributed by atoms with Crippen LogP contribution in [-0.4, -0.2) is 31.4 Å². The van der Waals surface area contributed by atoms with Crippen LogP contribution in [-0.2, 0) is 9.31 Å². The lowest BCUT2D eigenvalue weighted by Crippen LogP contribution is -2.41. The Hall–Kier alpha value is 0.00987. The molecule has 1 N–H and O–H groups in total. The van der Waals surface area contributed by atoms with Crippen molar-refractivity contribution in [1.29, 1.82) is 0 Å². The Morgan fingerprint density at radius 3 is 1.33 bits per heavy atom. The Morgan fingerprint density at radius 2 is 1.25 bits per heavy atom. The highest BCUT2D eigenvalue weighted by Gasteiger charge is 2.51. The van der Waals surface area contributed by atoms with Crippen molar-refractivity contribution < 1.29 is 14.3 Å². The molecule has 0 aromatic heterocycles. The van der Waals surface area contributed by atoms with Crippen LogP contribution < -0.4 is 0 Å². The van der Waals surface area contributed by atoms with Gasteiger partial charge in [0.05, 0.1) is 19.0 Å². The number of hydrogen-bond donors (Lipinski definition) is 1. The van der Waals surface area contributed by atoms with E-state index in [9.17, 15) is 0 Å². The molecule has 1 aliphatic rings. The van der Waals surface area contributed by atoms with E-state index < -0.39 is 18.5 Å². The van der Waals surface area contributed by atoms with Crippen LogP contribution in [0, 0.1) is 0 Å². The zero-order chi connectivity index (χ0) is 9.99. The van der Waals surface area contributed by atoms with E-state index in [4.69, 9.17) is 14.3 Å². The molecule has 3 nitrogen and oxygen atoms in total. The summed E-state index contributed by atoms with van der Waals surface area (Å²) in [6.45, 7) is 9.07. The molecular formula is C7H16B2O3. The molecule has 12 heavy (non-hydrogen) atoms. The summed E-state index contributed by atoms with van der Waals surface area (Å²) in [7, 11) is 3.44. The SMILES string of the molecule is CC1(C)OB(O)OC1(C)C.[B]C. The van der Waals surface area contributed by atoms with Gasteiger partial charge in [-0.05, 0) is 27.7 Å². The van der Waals surface area contributed by atoms with Crippen molar-refractivity contribution >= 4 is 15.2 Å². The molecule has 0 spiro atoms. The van der Waals surface area contributed by atoms with E-state index in [-0.39, 0.29) is 0 Å². The lowest BCUT2D eigenvalue weighted by Gasteiger charge is -2.31. The minimum Gasteiger partial charge on any atom is -0.402 e. The van der Waals surface area contributed by atoms with E-state index in [1.165, 1.54) is 6.82 Å². The van der Waals surface area contributed by atoms with Crippen molar-refractivity contribution in [3.63, 3.8) is 0 Å². The Kier molecular flexibility index (Phi) is 3.82. The smallest absolute Gasteiger partial charge is 0.402 e. The van der Waals surface area contributed by atoms with Crippen molar-refractivity contribution in [3.8, 4) is 0 Å². The summed E-state index contributed by atoms with van der Waals surface area (Å²) in [5.41, 5.74) is -0.821. The maximum absolute atomic E-state index is 8.96. The first-order chi connectivity index (χ1) is 5.35. The van der Waals surface area contributed by atoms with Gasteiger partial charge in [0, 0.05) is 0 Å². The van der Waals surface area contributed by atoms with E-state index in [1.807, 2.05) is 27.7 Å². The highest BCUT2D eigenvalue weighted by Crippen LogP contribution is 2.35. The van der Waals surface area contributed by atoms with Gasteiger partial charge in [0.25, 0.3) is 0 Å². The maximum atomic E-state index is 8.96. The largest absolute Gasteiger partial charge is 0.637 e. The van der Waals surface area contributed by atoms with Gasteiger partial charge in [-0.25, -0.2) is 0 Å². The van der Waals surface area contributed by atoms with Gasteiger partial charge in [-0.1, -0.05) is 6.82 Å². The highest BCUT2D eigenvalue weighted by atomic mass is 16.7. The highest BCUT2D eigenvalue weighted by molar-refractivity contribution is 6.35. The third-order valence-corrected chi connectivity index (χ3v) is 2.24. The average molecular weight is 170 g/mol. The molecule has 0 unspecified atom stereocenters. The molecule has 0 bridgehead atoms. The molecular weight excluding hydrogens is 154 g/mol. The molecule has 68 valence electrons. The van der Waals surface area contributed by atoms with Crippen LogP contribution in [0.4, 0.5) is 0 Å². The van der Waals surface area contributed by atoms with E-state index in [0.29, 0.717) is 0 Å². The quantitative estimate of drug-likeness (QED) is 0.545. The molecule has 0 aliphatic carbocycles. The Morgan fingerprint density at radius 1 is 1.00 bits per heavy atom. The minimum atomic E-state index is -1.06. The second-order valence-corrected chi connectivity index (χ2v) is 3.56. The average Bonchev–Trinajstić information content (AvgIpc) is 2.04. The Labute approximate surface area is 76.0 Å². The van der Waals surface area contributed by atoms with Gasteiger partial charge in [-0.15, -0.1) is 0 Å². The topological polar surface area (TPSA) is 38.7 Å². The Bertz CT molecular complexity index is 132. The zero-order valence-corrected chi connectivity index (χ0v) is 8.42. The lowest BCUT2D eigenvalue weighted by atomic mass is 9.90. The summed E-state index contributed by atoms with van der Waals surface area (Å²) in [4.78, 5) is 0. The van der Waals surface area contributed by atoms with Gasteiger partial charge in [0.2, 0.25) is 0 Å².